The van der Waals surface area contributed by atoms with Crippen molar-refractivity contribution in [3.05, 3.63) is 12.3 Å². The van der Waals surface area contributed by atoms with Crippen LogP contribution in [0, 0.1) is 0 Å². The zero-order chi connectivity index (χ0) is 12.1. The first-order valence-corrected chi connectivity index (χ1v) is 5.15. The molecular formula is C10H19ClN4O2. The maximum absolute atomic E-state index is 11.6. The molecule has 6 nitrogen and oxygen atoms in total. The molecule has 0 bridgehead atoms. The molecule has 0 aromatic carbocycles. The summed E-state index contributed by atoms with van der Waals surface area (Å²) in [7, 11) is 1.51. The van der Waals surface area contributed by atoms with Gasteiger partial charge in [-0.2, -0.15) is 5.10 Å². The van der Waals surface area contributed by atoms with Gasteiger partial charge in [-0.15, -0.1) is 12.4 Å². The number of nitrogens with two attached hydrogens (primary N) is 1. The first kappa shape index (κ1) is 15.9. The van der Waals surface area contributed by atoms with Crippen molar-refractivity contribution in [1.29, 1.82) is 0 Å². The van der Waals surface area contributed by atoms with E-state index in [1.54, 1.807) is 16.9 Å². The first-order valence-electron chi connectivity index (χ1n) is 5.15. The van der Waals surface area contributed by atoms with Gasteiger partial charge in [-0.1, -0.05) is 0 Å². The Morgan fingerprint density at radius 1 is 1.65 bits per heavy atom. The molecule has 1 unspecified atom stereocenters. The van der Waals surface area contributed by atoms with Gasteiger partial charge in [-0.3, -0.25) is 4.79 Å². The van der Waals surface area contributed by atoms with E-state index in [1.807, 2.05) is 13.8 Å². The van der Waals surface area contributed by atoms with E-state index in [-0.39, 0.29) is 31.0 Å². The number of aromatic nitrogens is 2. The van der Waals surface area contributed by atoms with E-state index < -0.39 is 6.04 Å². The third kappa shape index (κ3) is 4.33. The molecule has 0 saturated carbocycles. The van der Waals surface area contributed by atoms with Gasteiger partial charge in [0.2, 0.25) is 5.91 Å². The van der Waals surface area contributed by atoms with Crippen LogP contribution in [0.5, 0.6) is 0 Å². The third-order valence-corrected chi connectivity index (χ3v) is 2.09. The largest absolute Gasteiger partial charge is 0.383 e. The number of nitrogens with one attached hydrogen (secondary N) is 1. The Hall–Kier alpha value is -1.11. The minimum absolute atomic E-state index is 0. The second kappa shape index (κ2) is 7.26. The van der Waals surface area contributed by atoms with Crippen LogP contribution < -0.4 is 11.1 Å². The van der Waals surface area contributed by atoms with E-state index in [2.05, 4.69) is 10.4 Å². The van der Waals surface area contributed by atoms with E-state index in [4.69, 9.17) is 10.5 Å². The number of amides is 1. The van der Waals surface area contributed by atoms with Crippen LogP contribution in [0.1, 0.15) is 19.9 Å². The lowest BCUT2D eigenvalue weighted by Gasteiger charge is -2.14. The molecule has 1 rings (SSSR count). The lowest BCUT2D eigenvalue weighted by molar-refractivity contribution is -0.118. The molecule has 1 atom stereocenters. The van der Waals surface area contributed by atoms with Gasteiger partial charge in [0.15, 0.2) is 0 Å². The summed E-state index contributed by atoms with van der Waals surface area (Å²) in [6.07, 6.45) is 1.64. The average Bonchev–Trinajstić information content (AvgIpc) is 2.66. The second-order valence-corrected chi connectivity index (χ2v) is 3.81. The molecule has 3 N–H and O–H groups in total. The summed E-state index contributed by atoms with van der Waals surface area (Å²) in [6.45, 7) is 4.16. The zero-order valence-corrected chi connectivity index (χ0v) is 11.0. The van der Waals surface area contributed by atoms with E-state index in [1.165, 1.54) is 7.11 Å². The summed E-state index contributed by atoms with van der Waals surface area (Å²) >= 11 is 0. The van der Waals surface area contributed by atoms with Gasteiger partial charge >= 0.3 is 0 Å². The number of nitrogens with zero attached hydrogens (tertiary/aromatic N) is 2. The van der Waals surface area contributed by atoms with Crippen LogP contribution in [-0.2, 0) is 9.53 Å². The van der Waals surface area contributed by atoms with E-state index in [0.29, 0.717) is 5.82 Å². The quantitative estimate of drug-likeness (QED) is 0.822. The molecule has 0 aliphatic heterocycles. The van der Waals surface area contributed by atoms with Crippen molar-refractivity contribution < 1.29 is 9.53 Å². The van der Waals surface area contributed by atoms with Crippen molar-refractivity contribution in [2.45, 2.75) is 25.9 Å². The van der Waals surface area contributed by atoms with Crippen molar-refractivity contribution in [3.63, 3.8) is 0 Å². The fourth-order valence-electron chi connectivity index (χ4n) is 1.30. The van der Waals surface area contributed by atoms with E-state index in [9.17, 15) is 4.79 Å². The number of anilines is 1. The van der Waals surface area contributed by atoms with Crippen molar-refractivity contribution in [1.82, 2.24) is 9.78 Å². The lowest BCUT2D eigenvalue weighted by Crippen LogP contribution is -2.39. The molecule has 1 heterocycles. The van der Waals surface area contributed by atoms with Crippen LogP contribution in [-0.4, -0.2) is 35.4 Å². The van der Waals surface area contributed by atoms with Gasteiger partial charge < -0.3 is 15.8 Å². The minimum Gasteiger partial charge on any atom is -0.383 e. The monoisotopic (exact) mass is 262 g/mol. The highest BCUT2D eigenvalue weighted by atomic mass is 35.5. The Morgan fingerprint density at radius 2 is 2.29 bits per heavy atom. The molecule has 0 aliphatic carbocycles. The molecule has 1 amide bonds. The average molecular weight is 263 g/mol. The fraction of sp³-hybridized carbons (Fsp3) is 0.600. The SMILES string of the molecule is COCC(N)C(=O)Nc1ccnn1C(C)C.Cl. The summed E-state index contributed by atoms with van der Waals surface area (Å²) in [5.74, 6) is 0.371. The van der Waals surface area contributed by atoms with Crippen molar-refractivity contribution >= 4 is 24.1 Å². The molecule has 7 heteroatoms. The second-order valence-electron chi connectivity index (χ2n) is 3.81. The molecular weight excluding hydrogens is 244 g/mol. The van der Waals surface area contributed by atoms with Gasteiger partial charge in [-0.25, -0.2) is 4.68 Å². The van der Waals surface area contributed by atoms with Crippen molar-refractivity contribution in [2.24, 2.45) is 5.73 Å². The molecule has 0 spiro atoms. The van der Waals surface area contributed by atoms with Crippen LogP contribution in [0.25, 0.3) is 0 Å². The molecule has 0 radical (unpaired) electrons. The molecule has 17 heavy (non-hydrogen) atoms. The van der Waals surface area contributed by atoms with E-state index >= 15 is 0 Å². The summed E-state index contributed by atoms with van der Waals surface area (Å²) in [5, 5.41) is 6.82. The number of rotatable bonds is 5. The molecule has 0 aliphatic rings. The Morgan fingerprint density at radius 3 is 2.82 bits per heavy atom. The van der Waals surface area contributed by atoms with Crippen molar-refractivity contribution in [2.75, 3.05) is 19.0 Å². The fourth-order valence-corrected chi connectivity index (χ4v) is 1.30. The maximum atomic E-state index is 11.6. The highest BCUT2D eigenvalue weighted by molar-refractivity contribution is 5.94. The Bertz CT molecular complexity index is 354. The maximum Gasteiger partial charge on any atom is 0.244 e. The summed E-state index contributed by atoms with van der Waals surface area (Å²) in [4.78, 5) is 11.6. The highest BCUT2D eigenvalue weighted by Crippen LogP contribution is 2.12. The van der Waals surface area contributed by atoms with Crippen LogP contribution in [0.15, 0.2) is 12.3 Å². The van der Waals surface area contributed by atoms with Gasteiger partial charge in [0.25, 0.3) is 0 Å². The summed E-state index contributed by atoms with van der Waals surface area (Å²) in [5.41, 5.74) is 5.60. The van der Waals surface area contributed by atoms with Gasteiger partial charge in [-0.05, 0) is 13.8 Å². The van der Waals surface area contributed by atoms with Gasteiger partial charge in [0.05, 0.1) is 12.8 Å². The Kier molecular flexibility index (Phi) is 6.79. The molecule has 1 aromatic heterocycles. The predicted octanol–water partition coefficient (Wildman–Crippen LogP) is 0.798. The normalized spacial score (nSPS) is 12.1. The van der Waals surface area contributed by atoms with Crippen LogP contribution in [0.2, 0.25) is 0 Å². The number of methoxy groups -OCH3 is 1. The van der Waals surface area contributed by atoms with Gasteiger partial charge in [0, 0.05) is 19.2 Å². The van der Waals surface area contributed by atoms with Crippen LogP contribution >= 0.6 is 12.4 Å². The number of carbonyl (C=O) groups excluding carboxylic acids is 1. The zero-order valence-electron chi connectivity index (χ0n) is 10.2. The number of hydrogen-bond acceptors (Lipinski definition) is 4. The number of carbonyl (C=O) groups is 1. The minimum atomic E-state index is -0.666. The first-order chi connectivity index (χ1) is 7.56. The summed E-state index contributed by atoms with van der Waals surface area (Å²) in [6, 6.07) is 1.25. The number of hydrogen-bond donors (Lipinski definition) is 2. The Labute approximate surface area is 107 Å². The molecule has 0 fully saturated rings. The topological polar surface area (TPSA) is 82.2 Å². The van der Waals surface area contributed by atoms with Gasteiger partial charge in [0.1, 0.15) is 11.9 Å². The lowest BCUT2D eigenvalue weighted by atomic mass is 10.3. The standard InChI is InChI=1S/C10H18N4O2.ClH/c1-7(2)14-9(4-5-12-14)13-10(15)8(11)6-16-3;/h4-5,7-8H,6,11H2,1-3H3,(H,13,15);1H. The Balaban J connectivity index is 0.00000256. The molecule has 98 valence electrons. The van der Waals surface area contributed by atoms with Crippen LogP contribution in [0.4, 0.5) is 5.82 Å². The smallest absolute Gasteiger partial charge is 0.244 e. The predicted molar refractivity (Wildman–Crippen MR) is 68.3 cm³/mol. The van der Waals surface area contributed by atoms with E-state index in [0.717, 1.165) is 0 Å². The highest BCUT2D eigenvalue weighted by Gasteiger charge is 2.15. The summed E-state index contributed by atoms with van der Waals surface area (Å²) < 4.78 is 6.53. The van der Waals surface area contributed by atoms with Crippen LogP contribution in [0.3, 0.4) is 0 Å². The van der Waals surface area contributed by atoms with Crippen molar-refractivity contribution in [3.8, 4) is 0 Å². The molecule has 0 saturated heterocycles. The number of ether oxygens (including phenoxy) is 1. The number of halogens is 1. The molecule has 1 aromatic rings. The third-order valence-electron chi connectivity index (χ3n) is 2.09.